The Kier molecular flexibility index (Phi) is 7.12. The Balaban J connectivity index is 3.19. The predicted octanol–water partition coefficient (Wildman–Crippen LogP) is 2.31. The van der Waals surface area contributed by atoms with Gasteiger partial charge in [-0.05, 0) is 37.4 Å². The van der Waals surface area contributed by atoms with Crippen LogP contribution >= 0.6 is 11.8 Å². The summed E-state index contributed by atoms with van der Waals surface area (Å²) < 4.78 is 40.6. The van der Waals surface area contributed by atoms with Crippen molar-refractivity contribution in [3.63, 3.8) is 0 Å². The van der Waals surface area contributed by atoms with Gasteiger partial charge in [0.15, 0.2) is 0 Å². The minimum Gasteiger partial charge on any atom is -0.316 e. The molecule has 0 aliphatic heterocycles. The predicted molar refractivity (Wildman–Crippen MR) is 86.6 cm³/mol. The number of halogens is 1. The summed E-state index contributed by atoms with van der Waals surface area (Å²) in [6.07, 6.45) is 2.62. The third-order valence-corrected chi connectivity index (χ3v) is 6.02. The molecule has 120 valence electrons. The Hall–Kier alpha value is -0.630. The fourth-order valence-electron chi connectivity index (χ4n) is 2.08. The van der Waals surface area contributed by atoms with E-state index >= 15 is 0 Å². The van der Waals surface area contributed by atoms with E-state index in [-0.39, 0.29) is 10.9 Å². The van der Waals surface area contributed by atoms with Gasteiger partial charge in [0.2, 0.25) is 10.0 Å². The van der Waals surface area contributed by atoms with Crippen LogP contribution in [0.2, 0.25) is 0 Å². The molecule has 21 heavy (non-hydrogen) atoms. The van der Waals surface area contributed by atoms with Gasteiger partial charge in [-0.3, -0.25) is 0 Å². The van der Waals surface area contributed by atoms with E-state index in [4.69, 9.17) is 0 Å². The van der Waals surface area contributed by atoms with Gasteiger partial charge in [-0.15, -0.1) is 0 Å². The first-order valence-corrected chi connectivity index (χ1v) is 9.61. The van der Waals surface area contributed by atoms with Crippen LogP contribution in [-0.4, -0.2) is 44.9 Å². The first kappa shape index (κ1) is 18.4. The largest absolute Gasteiger partial charge is 0.316 e. The fraction of sp³-hybridized carbons (Fsp3) is 0.571. The van der Waals surface area contributed by atoms with Crippen molar-refractivity contribution < 1.29 is 12.8 Å². The number of hydrogen-bond donors (Lipinski definition) is 1. The number of thioether (sulfide) groups is 1. The van der Waals surface area contributed by atoms with Gasteiger partial charge < -0.3 is 5.32 Å². The maximum absolute atomic E-state index is 14.0. The Bertz CT molecular complexity index is 564. The minimum atomic E-state index is -3.83. The van der Waals surface area contributed by atoms with Gasteiger partial charge in [0.05, 0.1) is 0 Å². The zero-order valence-electron chi connectivity index (χ0n) is 12.9. The van der Waals surface area contributed by atoms with Gasteiger partial charge in [0.1, 0.15) is 10.7 Å². The summed E-state index contributed by atoms with van der Waals surface area (Å²) in [7, 11) is -0.550. The first-order chi connectivity index (χ1) is 9.88. The molecular weight excluding hydrogens is 311 g/mol. The highest BCUT2D eigenvalue weighted by atomic mass is 32.2. The van der Waals surface area contributed by atoms with Crippen LogP contribution in [0.5, 0.6) is 0 Å². The maximum Gasteiger partial charge on any atom is 0.246 e. The van der Waals surface area contributed by atoms with E-state index in [0.29, 0.717) is 18.7 Å². The van der Waals surface area contributed by atoms with Crippen molar-refractivity contribution in [1.29, 1.82) is 0 Å². The normalized spacial score (nSPS) is 13.6. The summed E-state index contributed by atoms with van der Waals surface area (Å²) in [5.74, 6) is -0.0231. The second-order valence-corrected chi connectivity index (χ2v) is 7.71. The average Bonchev–Trinajstić information content (AvgIpc) is 2.46. The second-order valence-electron chi connectivity index (χ2n) is 4.83. The molecule has 4 nitrogen and oxygen atoms in total. The topological polar surface area (TPSA) is 49.4 Å². The van der Waals surface area contributed by atoms with Crippen molar-refractivity contribution in [2.75, 3.05) is 26.1 Å². The van der Waals surface area contributed by atoms with E-state index < -0.39 is 15.8 Å². The lowest BCUT2D eigenvalue weighted by molar-refractivity contribution is 0.383. The summed E-state index contributed by atoms with van der Waals surface area (Å²) in [5.41, 5.74) is 0.740. The molecule has 1 rings (SSSR count). The Labute approximate surface area is 131 Å². The summed E-state index contributed by atoms with van der Waals surface area (Å²) >= 11 is 1.58. The molecule has 0 saturated carbocycles. The third-order valence-electron chi connectivity index (χ3n) is 3.38. The molecule has 0 saturated heterocycles. The van der Waals surface area contributed by atoms with Crippen LogP contribution in [0.15, 0.2) is 23.1 Å². The lowest BCUT2D eigenvalue weighted by Gasteiger charge is -2.26. The summed E-state index contributed by atoms with van der Waals surface area (Å²) in [6.45, 7) is 2.43. The Morgan fingerprint density at radius 3 is 2.62 bits per heavy atom. The molecule has 0 heterocycles. The van der Waals surface area contributed by atoms with Crippen LogP contribution in [0, 0.1) is 5.82 Å². The van der Waals surface area contributed by atoms with E-state index in [2.05, 4.69) is 5.32 Å². The second kappa shape index (κ2) is 8.12. The van der Waals surface area contributed by atoms with Crippen LogP contribution in [0.4, 0.5) is 4.39 Å². The van der Waals surface area contributed by atoms with Gasteiger partial charge in [0, 0.05) is 25.4 Å². The number of sulfonamides is 1. The third kappa shape index (κ3) is 4.42. The molecule has 7 heteroatoms. The van der Waals surface area contributed by atoms with Gasteiger partial charge in [-0.1, -0.05) is 13.0 Å². The quantitative estimate of drug-likeness (QED) is 0.792. The van der Waals surface area contributed by atoms with Crippen LogP contribution < -0.4 is 5.32 Å². The lowest BCUT2D eigenvalue weighted by atomic mass is 10.2. The van der Waals surface area contributed by atoms with Gasteiger partial charge in [-0.2, -0.15) is 16.1 Å². The van der Waals surface area contributed by atoms with Crippen molar-refractivity contribution in [2.24, 2.45) is 0 Å². The molecule has 1 atom stereocenters. The van der Waals surface area contributed by atoms with Crippen molar-refractivity contribution in [3.05, 3.63) is 29.6 Å². The van der Waals surface area contributed by atoms with Crippen LogP contribution in [0.25, 0.3) is 0 Å². The molecule has 1 aromatic rings. The fourth-order valence-corrected chi connectivity index (χ4v) is 4.56. The number of hydrogen-bond acceptors (Lipinski definition) is 4. The van der Waals surface area contributed by atoms with Crippen molar-refractivity contribution >= 4 is 21.8 Å². The standard InChI is InChI=1S/C14H23FN2O2S2/c1-5-12(10-20-4)17(3)21(18,19)14-8-11(9-16-2)6-7-13(14)15/h6-8,12,16H,5,9-10H2,1-4H3. The van der Waals surface area contributed by atoms with Crippen LogP contribution in [-0.2, 0) is 16.6 Å². The van der Waals surface area contributed by atoms with Crippen LogP contribution in [0.1, 0.15) is 18.9 Å². The molecule has 0 bridgehead atoms. The zero-order valence-corrected chi connectivity index (χ0v) is 14.5. The molecular formula is C14H23FN2O2S2. The molecule has 0 fully saturated rings. The molecule has 0 aromatic heterocycles. The Morgan fingerprint density at radius 1 is 1.43 bits per heavy atom. The number of rotatable bonds is 8. The number of nitrogens with zero attached hydrogens (tertiary/aromatic N) is 1. The summed E-state index contributed by atoms with van der Waals surface area (Å²) in [4.78, 5) is -0.252. The lowest BCUT2D eigenvalue weighted by Crippen LogP contribution is -2.38. The molecule has 1 aromatic carbocycles. The molecule has 0 amide bonds. The monoisotopic (exact) mass is 334 g/mol. The highest BCUT2D eigenvalue weighted by molar-refractivity contribution is 7.98. The van der Waals surface area contributed by atoms with E-state index in [9.17, 15) is 12.8 Å². The van der Waals surface area contributed by atoms with Crippen molar-refractivity contribution in [3.8, 4) is 0 Å². The highest BCUT2D eigenvalue weighted by Gasteiger charge is 2.29. The van der Waals surface area contributed by atoms with Crippen molar-refractivity contribution in [1.82, 2.24) is 9.62 Å². The van der Waals surface area contributed by atoms with E-state index in [1.54, 1.807) is 24.9 Å². The Morgan fingerprint density at radius 2 is 2.10 bits per heavy atom. The van der Waals surface area contributed by atoms with Gasteiger partial charge >= 0.3 is 0 Å². The average molecular weight is 334 g/mol. The zero-order chi connectivity index (χ0) is 16.0. The molecule has 0 aliphatic carbocycles. The first-order valence-electron chi connectivity index (χ1n) is 6.78. The maximum atomic E-state index is 14.0. The summed E-state index contributed by atoms with van der Waals surface area (Å²) in [5, 5.41) is 2.93. The molecule has 1 N–H and O–H groups in total. The summed E-state index contributed by atoms with van der Waals surface area (Å²) in [6, 6.07) is 4.06. The van der Waals surface area contributed by atoms with Crippen molar-refractivity contribution in [2.45, 2.75) is 30.8 Å². The van der Waals surface area contributed by atoms with Crippen LogP contribution in [0.3, 0.4) is 0 Å². The molecule has 1 unspecified atom stereocenters. The van der Waals surface area contributed by atoms with E-state index in [1.165, 1.54) is 23.5 Å². The van der Waals surface area contributed by atoms with Gasteiger partial charge in [-0.25, -0.2) is 12.8 Å². The SMILES string of the molecule is CCC(CSC)N(C)S(=O)(=O)c1cc(CNC)ccc1F. The van der Waals surface area contributed by atoms with Gasteiger partial charge in [0.25, 0.3) is 0 Å². The van der Waals surface area contributed by atoms with E-state index in [0.717, 1.165) is 5.56 Å². The molecule has 0 spiro atoms. The molecule has 0 aliphatic rings. The van der Waals surface area contributed by atoms with E-state index in [1.807, 2.05) is 13.2 Å². The number of nitrogens with one attached hydrogen (secondary N) is 1. The smallest absolute Gasteiger partial charge is 0.246 e. The highest BCUT2D eigenvalue weighted by Crippen LogP contribution is 2.23. The number of benzene rings is 1. The molecule has 0 radical (unpaired) electrons. The minimum absolute atomic E-state index is 0.141.